The highest BCUT2D eigenvalue weighted by Gasteiger charge is 2.12. The first-order chi connectivity index (χ1) is 7.76. The van der Waals surface area contributed by atoms with Crippen molar-refractivity contribution >= 4 is 5.69 Å². The van der Waals surface area contributed by atoms with Crippen LogP contribution in [0.2, 0.25) is 0 Å². The van der Waals surface area contributed by atoms with Crippen LogP contribution in [0.5, 0.6) is 11.5 Å². The molecule has 0 aliphatic heterocycles. The van der Waals surface area contributed by atoms with Gasteiger partial charge in [0.25, 0.3) is 5.69 Å². The van der Waals surface area contributed by atoms with Crippen LogP contribution in [0.15, 0.2) is 12.1 Å². The van der Waals surface area contributed by atoms with Crippen molar-refractivity contribution in [3.8, 4) is 11.5 Å². The molecule has 4 heteroatoms. The Morgan fingerprint density at radius 1 is 1.19 bits per heavy atom. The summed E-state index contributed by atoms with van der Waals surface area (Å²) in [5, 5.41) is 0. The van der Waals surface area contributed by atoms with Gasteiger partial charge in [-0.25, -0.2) is 4.85 Å². The zero-order valence-corrected chi connectivity index (χ0v) is 9.74. The number of ether oxygens (including phenoxy) is 3. The van der Waals surface area contributed by atoms with Crippen LogP contribution in [0.3, 0.4) is 0 Å². The van der Waals surface area contributed by atoms with Gasteiger partial charge in [-0.15, -0.1) is 0 Å². The van der Waals surface area contributed by atoms with Crippen molar-refractivity contribution in [2.45, 2.75) is 13.5 Å². The van der Waals surface area contributed by atoms with Gasteiger partial charge in [-0.05, 0) is 24.6 Å². The van der Waals surface area contributed by atoms with Crippen molar-refractivity contribution in [2.24, 2.45) is 0 Å². The third-order valence-corrected chi connectivity index (χ3v) is 2.12. The molecular formula is C12H15NO3. The smallest absolute Gasteiger partial charge is 0.268 e. The van der Waals surface area contributed by atoms with E-state index in [1.807, 2.05) is 6.92 Å². The van der Waals surface area contributed by atoms with Gasteiger partial charge in [0.1, 0.15) is 11.5 Å². The lowest BCUT2D eigenvalue weighted by atomic mass is 10.1. The summed E-state index contributed by atoms with van der Waals surface area (Å²) in [5.74, 6) is 1.04. The summed E-state index contributed by atoms with van der Waals surface area (Å²) in [7, 11) is 3.07. The first-order valence-corrected chi connectivity index (χ1v) is 4.96. The van der Waals surface area contributed by atoms with Crippen LogP contribution < -0.4 is 9.47 Å². The fraction of sp³-hybridized carbons (Fsp3) is 0.417. The molecule has 86 valence electrons. The lowest BCUT2D eigenvalue weighted by molar-refractivity contribution is 0.133. The Kier molecular flexibility index (Phi) is 4.62. The first kappa shape index (κ1) is 12.3. The van der Waals surface area contributed by atoms with E-state index in [0.717, 1.165) is 5.56 Å². The van der Waals surface area contributed by atoms with Crippen LogP contribution >= 0.6 is 0 Å². The van der Waals surface area contributed by atoms with Gasteiger partial charge >= 0.3 is 0 Å². The topological polar surface area (TPSA) is 32.0 Å². The molecule has 0 saturated heterocycles. The highest BCUT2D eigenvalue weighted by atomic mass is 16.5. The number of benzene rings is 1. The molecule has 0 radical (unpaired) electrons. The minimum absolute atomic E-state index is 0.394. The fourth-order valence-electron chi connectivity index (χ4n) is 1.36. The molecular weight excluding hydrogens is 205 g/mol. The Hall–Kier alpha value is -1.73. The molecule has 0 saturated carbocycles. The van der Waals surface area contributed by atoms with Crippen molar-refractivity contribution in [3.63, 3.8) is 0 Å². The van der Waals surface area contributed by atoms with E-state index in [9.17, 15) is 0 Å². The Labute approximate surface area is 95.6 Å². The molecule has 0 aliphatic rings. The van der Waals surface area contributed by atoms with Crippen LogP contribution in [0.25, 0.3) is 4.85 Å². The van der Waals surface area contributed by atoms with Crippen molar-refractivity contribution in [2.75, 3.05) is 20.8 Å². The summed E-state index contributed by atoms with van der Waals surface area (Å²) in [5.41, 5.74) is 1.33. The third-order valence-electron chi connectivity index (χ3n) is 2.12. The van der Waals surface area contributed by atoms with Gasteiger partial charge in [0.15, 0.2) is 0 Å². The van der Waals surface area contributed by atoms with E-state index in [2.05, 4.69) is 4.85 Å². The van der Waals surface area contributed by atoms with Crippen LogP contribution in [0.4, 0.5) is 5.69 Å². The second kappa shape index (κ2) is 5.99. The van der Waals surface area contributed by atoms with Crippen LogP contribution in [0.1, 0.15) is 12.5 Å². The average Bonchev–Trinajstić information content (AvgIpc) is 2.34. The third kappa shape index (κ3) is 2.65. The van der Waals surface area contributed by atoms with Crippen LogP contribution in [0, 0.1) is 6.57 Å². The van der Waals surface area contributed by atoms with E-state index in [0.29, 0.717) is 30.4 Å². The van der Waals surface area contributed by atoms with E-state index >= 15 is 0 Å². The SMILES string of the molecule is CCOCc1cc(OC)c([N+]#[11C-])c(OC)c1. The molecule has 0 aliphatic carbocycles. The van der Waals surface area contributed by atoms with Gasteiger partial charge in [-0.3, -0.25) is 0 Å². The van der Waals surface area contributed by atoms with Gasteiger partial charge < -0.3 is 14.2 Å². The minimum Gasteiger partial charge on any atom is -0.508 e. The molecule has 0 N–H and O–H groups in total. The fourth-order valence-corrected chi connectivity index (χ4v) is 1.36. The van der Waals surface area contributed by atoms with Crippen molar-refractivity contribution in [1.29, 1.82) is 0 Å². The molecule has 0 spiro atoms. The molecule has 0 atom stereocenters. The van der Waals surface area contributed by atoms with E-state index in [-0.39, 0.29) is 0 Å². The molecule has 0 unspecified atom stereocenters. The van der Waals surface area contributed by atoms with E-state index in [1.54, 1.807) is 12.1 Å². The highest BCUT2D eigenvalue weighted by Crippen LogP contribution is 2.38. The van der Waals surface area contributed by atoms with Gasteiger partial charge in [-0.2, -0.15) is 0 Å². The summed E-state index contributed by atoms with van der Waals surface area (Å²) in [6.07, 6.45) is 0. The molecule has 0 bridgehead atoms. The summed E-state index contributed by atoms with van der Waals surface area (Å²) in [4.78, 5) is 3.39. The highest BCUT2D eigenvalue weighted by molar-refractivity contribution is 5.68. The van der Waals surface area contributed by atoms with Crippen LogP contribution in [-0.4, -0.2) is 20.8 Å². The van der Waals surface area contributed by atoms with Gasteiger partial charge in [0.05, 0.1) is 27.4 Å². The monoisotopic (exact) mass is 220 g/mol. The number of rotatable bonds is 5. The van der Waals surface area contributed by atoms with E-state index in [4.69, 9.17) is 20.8 Å². The average molecular weight is 220 g/mol. The number of nitrogens with zero attached hydrogens (tertiary/aromatic N) is 1. The number of methoxy groups -OCH3 is 2. The molecule has 16 heavy (non-hydrogen) atoms. The maximum Gasteiger partial charge on any atom is 0.268 e. The molecule has 0 aromatic heterocycles. The largest absolute Gasteiger partial charge is 0.508 e. The molecule has 1 aromatic carbocycles. The lowest BCUT2D eigenvalue weighted by Crippen LogP contribution is -1.95. The van der Waals surface area contributed by atoms with E-state index < -0.39 is 0 Å². The first-order valence-electron chi connectivity index (χ1n) is 4.96. The molecule has 0 fully saturated rings. The summed E-state index contributed by atoms with van der Waals surface area (Å²) in [6.45, 7) is 10.1. The number of hydrogen-bond donors (Lipinski definition) is 0. The van der Waals surface area contributed by atoms with Gasteiger partial charge in [0, 0.05) is 6.61 Å². The predicted octanol–water partition coefficient (Wildman–Crippen LogP) is 2.79. The van der Waals surface area contributed by atoms with E-state index in [1.165, 1.54) is 14.2 Å². The minimum atomic E-state index is 0.394. The molecule has 1 rings (SSSR count). The molecule has 0 heterocycles. The normalized spacial score (nSPS) is 9.62. The zero-order valence-electron chi connectivity index (χ0n) is 9.74. The van der Waals surface area contributed by atoms with Gasteiger partial charge in [-0.1, -0.05) is 0 Å². The Balaban J connectivity index is 3.11. The summed E-state index contributed by atoms with van der Waals surface area (Å²) in [6, 6.07) is 3.59. The molecule has 4 nitrogen and oxygen atoms in total. The van der Waals surface area contributed by atoms with Gasteiger partial charge in [0.2, 0.25) is 0 Å². The maximum absolute atomic E-state index is 7.07. The zero-order chi connectivity index (χ0) is 12.0. The number of hydrogen-bond acceptors (Lipinski definition) is 3. The molecule has 1 aromatic rings. The van der Waals surface area contributed by atoms with Crippen LogP contribution in [-0.2, 0) is 11.3 Å². The summed E-state index contributed by atoms with van der Waals surface area (Å²) < 4.78 is 15.6. The van der Waals surface area contributed by atoms with Crippen molar-refractivity contribution in [3.05, 3.63) is 29.1 Å². The lowest BCUT2D eigenvalue weighted by Gasteiger charge is -2.11. The second-order valence-electron chi connectivity index (χ2n) is 3.10. The van der Waals surface area contributed by atoms with Crippen molar-refractivity contribution < 1.29 is 14.2 Å². The Morgan fingerprint density at radius 3 is 2.12 bits per heavy atom. The quantitative estimate of drug-likeness (QED) is 0.715. The molecule has 0 amide bonds. The summed E-state index contributed by atoms with van der Waals surface area (Å²) >= 11 is 0. The van der Waals surface area contributed by atoms with Crippen molar-refractivity contribution in [1.82, 2.24) is 0 Å². The second-order valence-corrected chi connectivity index (χ2v) is 3.10. The Bertz CT molecular complexity index is 371. The standard InChI is InChI=1S/C12H15NO3/c1-5-16-8-9-6-10(14-3)12(13-2)11(7-9)15-4/h6-7H,5,8H2,1,3-4H3/i2-1. The Morgan fingerprint density at radius 2 is 1.75 bits per heavy atom. The predicted molar refractivity (Wildman–Crippen MR) is 61.1 cm³/mol. The maximum atomic E-state index is 7.07.